The molecule has 0 aliphatic carbocycles. The standard InChI is InChI=1S/C21H21ClN4O/c1-15-6-8-16(9-7-15)20-17(14-23-24-20)21(27)26-12-10-25(11-13-26)19-5-3-2-4-18(19)22/h2-9,14H,10-13H2,1H3,(H,23,24). The van der Waals surface area contributed by atoms with E-state index in [-0.39, 0.29) is 5.91 Å². The first-order valence-corrected chi connectivity index (χ1v) is 9.40. The van der Waals surface area contributed by atoms with Crippen molar-refractivity contribution in [1.82, 2.24) is 15.1 Å². The minimum Gasteiger partial charge on any atom is -0.367 e. The van der Waals surface area contributed by atoms with Crippen molar-refractivity contribution in [2.24, 2.45) is 0 Å². The van der Waals surface area contributed by atoms with Crippen LogP contribution in [0.5, 0.6) is 0 Å². The molecule has 0 radical (unpaired) electrons. The first kappa shape index (κ1) is 17.6. The SMILES string of the molecule is Cc1ccc(-c2[nH]ncc2C(=O)N2CCN(c3ccccc3Cl)CC2)cc1. The van der Waals surface area contributed by atoms with E-state index < -0.39 is 0 Å². The summed E-state index contributed by atoms with van der Waals surface area (Å²) in [6.45, 7) is 4.87. The number of nitrogens with one attached hydrogen (secondary N) is 1. The predicted octanol–water partition coefficient (Wildman–Crippen LogP) is 4.00. The minimum atomic E-state index is 0.0122. The zero-order valence-electron chi connectivity index (χ0n) is 15.2. The molecular formula is C21H21ClN4O. The summed E-state index contributed by atoms with van der Waals surface area (Å²) in [5, 5.41) is 7.83. The number of aromatic amines is 1. The highest BCUT2D eigenvalue weighted by Gasteiger charge is 2.26. The van der Waals surface area contributed by atoms with Gasteiger partial charge in [-0.3, -0.25) is 9.89 Å². The molecule has 1 amide bonds. The first-order valence-electron chi connectivity index (χ1n) is 9.02. The number of piperazine rings is 1. The number of H-pyrrole nitrogens is 1. The van der Waals surface area contributed by atoms with E-state index in [0.717, 1.165) is 35.1 Å². The Balaban J connectivity index is 1.48. The number of anilines is 1. The van der Waals surface area contributed by atoms with E-state index >= 15 is 0 Å². The van der Waals surface area contributed by atoms with Gasteiger partial charge in [0, 0.05) is 31.7 Å². The summed E-state index contributed by atoms with van der Waals surface area (Å²) in [7, 11) is 0. The monoisotopic (exact) mass is 380 g/mol. The molecule has 0 bridgehead atoms. The molecule has 138 valence electrons. The highest BCUT2D eigenvalue weighted by molar-refractivity contribution is 6.33. The Bertz CT molecular complexity index is 943. The average Bonchev–Trinajstić information content (AvgIpc) is 3.18. The molecule has 2 aromatic carbocycles. The van der Waals surface area contributed by atoms with Crippen LogP contribution in [-0.2, 0) is 0 Å². The van der Waals surface area contributed by atoms with Crippen LogP contribution in [0, 0.1) is 6.92 Å². The van der Waals surface area contributed by atoms with Crippen LogP contribution >= 0.6 is 11.6 Å². The van der Waals surface area contributed by atoms with Crippen molar-refractivity contribution in [1.29, 1.82) is 0 Å². The molecule has 3 aromatic rings. The number of aromatic nitrogens is 2. The maximum atomic E-state index is 13.1. The number of benzene rings is 2. The van der Waals surface area contributed by atoms with Gasteiger partial charge in [0.25, 0.3) is 5.91 Å². The Morgan fingerprint density at radius 1 is 1.04 bits per heavy atom. The van der Waals surface area contributed by atoms with Crippen LogP contribution in [0.3, 0.4) is 0 Å². The maximum absolute atomic E-state index is 13.1. The van der Waals surface area contributed by atoms with Crippen molar-refractivity contribution in [3.63, 3.8) is 0 Å². The van der Waals surface area contributed by atoms with Gasteiger partial charge in [-0.1, -0.05) is 53.6 Å². The highest BCUT2D eigenvalue weighted by atomic mass is 35.5. The molecule has 1 aromatic heterocycles. The summed E-state index contributed by atoms with van der Waals surface area (Å²) in [4.78, 5) is 17.2. The van der Waals surface area contributed by atoms with Crippen LogP contribution in [0.15, 0.2) is 54.7 Å². The van der Waals surface area contributed by atoms with Gasteiger partial charge in [0.05, 0.1) is 28.2 Å². The molecule has 2 heterocycles. The second-order valence-corrected chi connectivity index (χ2v) is 7.16. The molecule has 0 atom stereocenters. The number of para-hydroxylation sites is 1. The van der Waals surface area contributed by atoms with Crippen molar-refractivity contribution in [3.05, 3.63) is 70.9 Å². The van der Waals surface area contributed by atoms with E-state index in [2.05, 4.69) is 15.1 Å². The van der Waals surface area contributed by atoms with E-state index in [1.54, 1.807) is 6.20 Å². The Morgan fingerprint density at radius 3 is 2.44 bits per heavy atom. The number of rotatable bonds is 3. The molecular weight excluding hydrogens is 360 g/mol. The van der Waals surface area contributed by atoms with E-state index in [9.17, 15) is 4.79 Å². The molecule has 0 saturated carbocycles. The number of amides is 1. The molecule has 0 spiro atoms. The third-order valence-corrected chi connectivity index (χ3v) is 5.29. The van der Waals surface area contributed by atoms with Crippen molar-refractivity contribution in [2.75, 3.05) is 31.1 Å². The third-order valence-electron chi connectivity index (χ3n) is 4.97. The number of hydrogen-bond donors (Lipinski definition) is 1. The third kappa shape index (κ3) is 3.55. The second-order valence-electron chi connectivity index (χ2n) is 6.76. The Kier molecular flexibility index (Phi) is 4.86. The largest absolute Gasteiger partial charge is 0.367 e. The lowest BCUT2D eigenvalue weighted by Crippen LogP contribution is -2.48. The summed E-state index contributed by atoms with van der Waals surface area (Å²) in [6.07, 6.45) is 1.62. The zero-order chi connectivity index (χ0) is 18.8. The van der Waals surface area contributed by atoms with Crippen LogP contribution in [0.1, 0.15) is 15.9 Å². The number of hydrogen-bond acceptors (Lipinski definition) is 3. The van der Waals surface area contributed by atoms with E-state index in [4.69, 9.17) is 11.6 Å². The van der Waals surface area contributed by atoms with Gasteiger partial charge in [0.2, 0.25) is 0 Å². The lowest BCUT2D eigenvalue weighted by Gasteiger charge is -2.36. The molecule has 1 fully saturated rings. The van der Waals surface area contributed by atoms with Gasteiger partial charge < -0.3 is 9.80 Å². The molecule has 5 nitrogen and oxygen atoms in total. The van der Waals surface area contributed by atoms with E-state index in [1.807, 2.05) is 60.4 Å². The number of halogens is 1. The topological polar surface area (TPSA) is 52.2 Å². The van der Waals surface area contributed by atoms with Gasteiger partial charge in [-0.2, -0.15) is 5.10 Å². The molecule has 1 aliphatic heterocycles. The first-order chi connectivity index (χ1) is 13.1. The molecule has 1 saturated heterocycles. The number of nitrogens with zero attached hydrogens (tertiary/aromatic N) is 3. The Labute approximate surface area is 163 Å². The molecule has 6 heteroatoms. The molecule has 1 N–H and O–H groups in total. The maximum Gasteiger partial charge on any atom is 0.257 e. The Morgan fingerprint density at radius 2 is 1.74 bits per heavy atom. The number of carbonyl (C=O) groups is 1. The fourth-order valence-corrected chi connectivity index (χ4v) is 3.67. The summed E-state index contributed by atoms with van der Waals surface area (Å²) in [5.74, 6) is 0.0122. The van der Waals surface area contributed by atoms with Crippen LogP contribution in [-0.4, -0.2) is 47.2 Å². The predicted molar refractivity (Wildman–Crippen MR) is 108 cm³/mol. The van der Waals surface area contributed by atoms with Crippen LogP contribution in [0.2, 0.25) is 5.02 Å². The Hall–Kier alpha value is -2.79. The summed E-state index contributed by atoms with van der Waals surface area (Å²) >= 11 is 6.30. The van der Waals surface area contributed by atoms with Crippen LogP contribution in [0.4, 0.5) is 5.69 Å². The van der Waals surface area contributed by atoms with E-state index in [1.165, 1.54) is 5.56 Å². The van der Waals surface area contributed by atoms with Crippen molar-refractivity contribution < 1.29 is 4.79 Å². The molecule has 1 aliphatic rings. The fraction of sp³-hybridized carbons (Fsp3) is 0.238. The summed E-state index contributed by atoms with van der Waals surface area (Å²) in [5.41, 5.74) is 4.56. The smallest absolute Gasteiger partial charge is 0.257 e. The van der Waals surface area contributed by atoms with Crippen LogP contribution in [0.25, 0.3) is 11.3 Å². The van der Waals surface area contributed by atoms with E-state index in [0.29, 0.717) is 18.7 Å². The summed E-state index contributed by atoms with van der Waals surface area (Å²) in [6, 6.07) is 15.9. The average molecular weight is 381 g/mol. The molecule has 4 rings (SSSR count). The minimum absolute atomic E-state index is 0.0122. The summed E-state index contributed by atoms with van der Waals surface area (Å²) < 4.78 is 0. The molecule has 0 unspecified atom stereocenters. The highest BCUT2D eigenvalue weighted by Crippen LogP contribution is 2.27. The van der Waals surface area contributed by atoms with Crippen molar-refractivity contribution >= 4 is 23.2 Å². The van der Waals surface area contributed by atoms with Gasteiger partial charge in [0.1, 0.15) is 0 Å². The number of carbonyl (C=O) groups excluding carboxylic acids is 1. The van der Waals surface area contributed by atoms with Crippen molar-refractivity contribution in [3.8, 4) is 11.3 Å². The van der Waals surface area contributed by atoms with Crippen LogP contribution < -0.4 is 4.90 Å². The van der Waals surface area contributed by atoms with Gasteiger partial charge in [0.15, 0.2) is 0 Å². The lowest BCUT2D eigenvalue weighted by atomic mass is 10.1. The quantitative estimate of drug-likeness (QED) is 0.747. The fourth-order valence-electron chi connectivity index (χ4n) is 3.42. The normalized spacial score (nSPS) is 14.4. The second kappa shape index (κ2) is 7.45. The lowest BCUT2D eigenvalue weighted by molar-refractivity contribution is 0.0747. The number of aryl methyl sites for hydroxylation is 1. The van der Waals surface area contributed by atoms with Gasteiger partial charge >= 0.3 is 0 Å². The zero-order valence-corrected chi connectivity index (χ0v) is 15.9. The van der Waals surface area contributed by atoms with Crippen molar-refractivity contribution in [2.45, 2.75) is 6.92 Å². The van der Waals surface area contributed by atoms with Gasteiger partial charge in [-0.25, -0.2) is 0 Å². The van der Waals surface area contributed by atoms with Gasteiger partial charge in [-0.15, -0.1) is 0 Å². The van der Waals surface area contributed by atoms with Gasteiger partial charge in [-0.05, 0) is 19.1 Å². The molecule has 27 heavy (non-hydrogen) atoms.